The molecule has 13 heavy (non-hydrogen) atoms. The summed E-state index contributed by atoms with van der Waals surface area (Å²) in [4.78, 5) is 12.6. The van der Waals surface area contributed by atoms with E-state index in [1.807, 2.05) is 0 Å². The molecular weight excluding hydrogens is 180 g/mol. The molecule has 0 aromatic rings. The zero-order chi connectivity index (χ0) is 9.47. The van der Waals surface area contributed by atoms with Gasteiger partial charge in [0.2, 0.25) is 5.91 Å². The third-order valence-corrected chi connectivity index (χ3v) is 2.43. The minimum absolute atomic E-state index is 0.177. The molecular formula is C8H11F2NO2. The van der Waals surface area contributed by atoms with Gasteiger partial charge < -0.3 is 9.64 Å². The third kappa shape index (κ3) is 1.65. The fourth-order valence-electron chi connectivity index (χ4n) is 1.66. The average Bonchev–Trinajstić information content (AvgIpc) is 2.50. The number of halogens is 2. The predicted molar refractivity (Wildman–Crippen MR) is 40.5 cm³/mol. The van der Waals surface area contributed by atoms with Gasteiger partial charge in [-0.05, 0) is 6.42 Å². The van der Waals surface area contributed by atoms with Gasteiger partial charge in [0, 0.05) is 6.61 Å². The molecule has 2 rings (SSSR count). The second-order valence-corrected chi connectivity index (χ2v) is 3.61. The van der Waals surface area contributed by atoms with Crippen molar-refractivity contribution in [2.75, 3.05) is 26.3 Å². The summed E-state index contributed by atoms with van der Waals surface area (Å²) in [5.74, 6) is -3.02. The number of amides is 1. The van der Waals surface area contributed by atoms with Crippen LogP contribution in [0, 0.1) is 5.92 Å². The van der Waals surface area contributed by atoms with E-state index in [1.54, 1.807) is 0 Å². The second-order valence-electron chi connectivity index (χ2n) is 3.61. The van der Waals surface area contributed by atoms with Crippen molar-refractivity contribution >= 4 is 5.91 Å². The first-order valence-corrected chi connectivity index (χ1v) is 4.33. The van der Waals surface area contributed by atoms with Gasteiger partial charge in [0.25, 0.3) is 5.92 Å². The number of nitrogens with zero attached hydrogens (tertiary/aromatic N) is 1. The lowest BCUT2D eigenvalue weighted by atomic mass is 10.0. The van der Waals surface area contributed by atoms with Gasteiger partial charge in [-0.2, -0.15) is 0 Å². The van der Waals surface area contributed by atoms with Gasteiger partial charge >= 0.3 is 0 Å². The standard InChI is InChI=1S/C8H11F2NO2/c9-8(10)4-11(5-8)7(12)6-1-2-13-3-6/h6H,1-5H2. The Bertz CT molecular complexity index is 218. The minimum atomic E-state index is -2.66. The van der Waals surface area contributed by atoms with Gasteiger partial charge in [-0.3, -0.25) is 4.79 Å². The summed E-state index contributed by atoms with van der Waals surface area (Å²) in [6.45, 7) is 0.131. The Morgan fingerprint density at radius 1 is 1.46 bits per heavy atom. The fourth-order valence-corrected chi connectivity index (χ4v) is 1.66. The normalized spacial score (nSPS) is 31.5. The molecule has 2 heterocycles. The second kappa shape index (κ2) is 2.90. The maximum Gasteiger partial charge on any atom is 0.282 e. The summed E-state index contributed by atoms with van der Waals surface area (Å²) in [6.07, 6.45) is 0.668. The minimum Gasteiger partial charge on any atom is -0.381 e. The van der Waals surface area contributed by atoms with E-state index in [1.165, 1.54) is 4.90 Å². The molecule has 0 radical (unpaired) electrons. The SMILES string of the molecule is O=C(C1CCOC1)N1CC(F)(F)C1. The van der Waals surface area contributed by atoms with Gasteiger partial charge in [-0.25, -0.2) is 8.78 Å². The number of rotatable bonds is 1. The molecule has 0 N–H and O–H groups in total. The van der Waals surface area contributed by atoms with Gasteiger partial charge in [0.15, 0.2) is 0 Å². The maximum absolute atomic E-state index is 12.4. The molecule has 0 saturated carbocycles. The molecule has 0 aromatic heterocycles. The topological polar surface area (TPSA) is 29.5 Å². The van der Waals surface area contributed by atoms with Gasteiger partial charge in [-0.15, -0.1) is 0 Å². The fraction of sp³-hybridized carbons (Fsp3) is 0.875. The van der Waals surface area contributed by atoms with E-state index in [9.17, 15) is 13.6 Å². The number of alkyl halides is 2. The van der Waals surface area contributed by atoms with E-state index >= 15 is 0 Å². The van der Waals surface area contributed by atoms with Crippen molar-refractivity contribution < 1.29 is 18.3 Å². The van der Waals surface area contributed by atoms with E-state index < -0.39 is 19.0 Å². The van der Waals surface area contributed by atoms with Crippen LogP contribution in [-0.2, 0) is 9.53 Å². The first kappa shape index (κ1) is 8.87. The highest BCUT2D eigenvalue weighted by atomic mass is 19.3. The average molecular weight is 191 g/mol. The summed E-state index contributed by atoms with van der Waals surface area (Å²) < 4.78 is 29.8. The van der Waals surface area contributed by atoms with Crippen LogP contribution in [0.1, 0.15) is 6.42 Å². The van der Waals surface area contributed by atoms with Crippen molar-refractivity contribution in [3.05, 3.63) is 0 Å². The maximum atomic E-state index is 12.4. The molecule has 2 aliphatic rings. The summed E-state index contributed by atoms with van der Waals surface area (Å²) in [6, 6.07) is 0. The Morgan fingerprint density at radius 3 is 2.62 bits per heavy atom. The number of ether oxygens (including phenoxy) is 1. The van der Waals surface area contributed by atoms with Crippen LogP contribution in [0.5, 0.6) is 0 Å². The summed E-state index contributed by atoms with van der Waals surface area (Å²) >= 11 is 0. The van der Waals surface area contributed by atoms with E-state index in [4.69, 9.17) is 4.74 Å². The molecule has 0 bridgehead atoms. The van der Waals surface area contributed by atoms with E-state index in [-0.39, 0.29) is 11.8 Å². The molecule has 2 aliphatic heterocycles. The van der Waals surface area contributed by atoms with Gasteiger partial charge in [0.1, 0.15) is 0 Å². The third-order valence-electron chi connectivity index (χ3n) is 2.43. The Hall–Kier alpha value is -0.710. The van der Waals surface area contributed by atoms with Crippen molar-refractivity contribution in [1.82, 2.24) is 4.90 Å². The van der Waals surface area contributed by atoms with Gasteiger partial charge in [0.05, 0.1) is 25.6 Å². The molecule has 74 valence electrons. The van der Waals surface area contributed by atoms with E-state index in [0.717, 1.165) is 0 Å². The van der Waals surface area contributed by atoms with Crippen LogP contribution >= 0.6 is 0 Å². The summed E-state index contributed by atoms with van der Waals surface area (Å²) in [7, 11) is 0. The molecule has 1 unspecified atom stereocenters. The molecule has 0 spiro atoms. The Balaban J connectivity index is 1.85. The zero-order valence-corrected chi connectivity index (χ0v) is 7.13. The summed E-state index contributed by atoms with van der Waals surface area (Å²) in [5, 5.41) is 0. The van der Waals surface area contributed by atoms with Crippen LogP contribution in [0.4, 0.5) is 8.78 Å². The number of carbonyl (C=O) groups excluding carboxylic acids is 1. The van der Waals surface area contributed by atoms with E-state index in [2.05, 4.69) is 0 Å². The van der Waals surface area contributed by atoms with Crippen molar-refractivity contribution in [3.63, 3.8) is 0 Å². The lowest BCUT2D eigenvalue weighted by Crippen LogP contribution is -2.59. The van der Waals surface area contributed by atoms with Crippen molar-refractivity contribution in [2.45, 2.75) is 12.3 Å². The lowest BCUT2D eigenvalue weighted by Gasteiger charge is -2.39. The first-order chi connectivity index (χ1) is 6.08. The molecule has 1 atom stereocenters. The number of hydrogen-bond donors (Lipinski definition) is 0. The Kier molecular flexibility index (Phi) is 1.98. The molecule has 0 aromatic carbocycles. The van der Waals surface area contributed by atoms with Crippen LogP contribution in [0.3, 0.4) is 0 Å². The predicted octanol–water partition coefficient (Wildman–Crippen LogP) is 0.500. The number of hydrogen-bond acceptors (Lipinski definition) is 2. The molecule has 2 saturated heterocycles. The number of likely N-dealkylation sites (tertiary alicyclic amines) is 1. The molecule has 5 heteroatoms. The van der Waals surface area contributed by atoms with Crippen LogP contribution in [-0.4, -0.2) is 43.0 Å². The van der Waals surface area contributed by atoms with Crippen molar-refractivity contribution in [1.29, 1.82) is 0 Å². The summed E-state index contributed by atoms with van der Waals surface area (Å²) in [5.41, 5.74) is 0. The zero-order valence-electron chi connectivity index (χ0n) is 7.13. The lowest BCUT2D eigenvalue weighted by molar-refractivity contribution is -0.169. The highest BCUT2D eigenvalue weighted by Crippen LogP contribution is 2.29. The number of carbonyl (C=O) groups is 1. The first-order valence-electron chi connectivity index (χ1n) is 4.33. The quantitative estimate of drug-likeness (QED) is 0.604. The molecule has 0 aliphatic carbocycles. The van der Waals surface area contributed by atoms with Crippen molar-refractivity contribution in [2.24, 2.45) is 5.92 Å². The van der Waals surface area contributed by atoms with Crippen LogP contribution < -0.4 is 0 Å². The van der Waals surface area contributed by atoms with E-state index in [0.29, 0.717) is 19.6 Å². The Labute approximate surface area is 74.6 Å². The van der Waals surface area contributed by atoms with Crippen LogP contribution in [0.2, 0.25) is 0 Å². The highest BCUT2D eigenvalue weighted by molar-refractivity contribution is 5.80. The molecule has 2 fully saturated rings. The monoisotopic (exact) mass is 191 g/mol. The molecule has 1 amide bonds. The smallest absolute Gasteiger partial charge is 0.282 e. The van der Waals surface area contributed by atoms with Crippen molar-refractivity contribution in [3.8, 4) is 0 Å². The Morgan fingerprint density at radius 2 is 2.15 bits per heavy atom. The van der Waals surface area contributed by atoms with Gasteiger partial charge in [-0.1, -0.05) is 0 Å². The van der Waals surface area contributed by atoms with Crippen LogP contribution in [0.15, 0.2) is 0 Å². The highest BCUT2D eigenvalue weighted by Gasteiger charge is 2.47. The largest absolute Gasteiger partial charge is 0.381 e. The van der Waals surface area contributed by atoms with Crippen LogP contribution in [0.25, 0.3) is 0 Å². The molecule has 3 nitrogen and oxygen atoms in total.